The average Bonchev–Trinajstić information content (AvgIpc) is 2.09. The highest BCUT2D eigenvalue weighted by molar-refractivity contribution is 4.82. The fourth-order valence-electron chi connectivity index (χ4n) is 2.08. The Bertz CT molecular complexity index is 282. The predicted octanol–water partition coefficient (Wildman–Crippen LogP) is 2.90. The molecule has 2 N–H and O–H groups in total. The van der Waals surface area contributed by atoms with E-state index in [4.69, 9.17) is 9.47 Å². The van der Waals surface area contributed by atoms with Crippen molar-refractivity contribution < 1.29 is 19.7 Å². The number of ether oxygens (including phenoxy) is 2. The van der Waals surface area contributed by atoms with E-state index in [2.05, 4.69) is 0 Å². The van der Waals surface area contributed by atoms with E-state index < -0.39 is 11.2 Å². The van der Waals surface area contributed by atoms with Crippen LogP contribution in [-0.4, -0.2) is 45.8 Å². The van der Waals surface area contributed by atoms with Crippen molar-refractivity contribution in [3.8, 4) is 0 Å². The van der Waals surface area contributed by atoms with E-state index >= 15 is 0 Å². The van der Waals surface area contributed by atoms with Gasteiger partial charge < -0.3 is 19.7 Å². The molecule has 0 bridgehead atoms. The van der Waals surface area contributed by atoms with Gasteiger partial charge in [0.2, 0.25) is 0 Å². The number of rotatable bonds is 9. The molecule has 0 amide bonds. The highest BCUT2D eigenvalue weighted by Crippen LogP contribution is 2.27. The summed E-state index contributed by atoms with van der Waals surface area (Å²) >= 11 is 0. The Labute approximate surface area is 124 Å². The van der Waals surface area contributed by atoms with Crippen molar-refractivity contribution in [2.75, 3.05) is 13.2 Å². The van der Waals surface area contributed by atoms with Gasteiger partial charge in [0.25, 0.3) is 0 Å². The quantitative estimate of drug-likeness (QED) is 0.685. The maximum Gasteiger partial charge on any atom is 0.0824 e. The largest absolute Gasteiger partial charge is 0.390 e. The van der Waals surface area contributed by atoms with Gasteiger partial charge in [-0.15, -0.1) is 0 Å². The molecule has 0 saturated heterocycles. The van der Waals surface area contributed by atoms with Crippen molar-refractivity contribution in [1.29, 1.82) is 0 Å². The molecule has 0 aliphatic rings. The molecule has 0 heterocycles. The minimum atomic E-state index is -0.830. The first-order chi connectivity index (χ1) is 8.62. The zero-order valence-electron chi connectivity index (χ0n) is 14.5. The van der Waals surface area contributed by atoms with Gasteiger partial charge in [-0.2, -0.15) is 0 Å². The van der Waals surface area contributed by atoms with E-state index in [9.17, 15) is 10.2 Å². The third kappa shape index (κ3) is 11.6. The van der Waals surface area contributed by atoms with Gasteiger partial charge in [-0.25, -0.2) is 0 Å². The van der Waals surface area contributed by atoms with Crippen LogP contribution in [0.15, 0.2) is 0 Å². The van der Waals surface area contributed by atoms with E-state index in [1.807, 2.05) is 27.7 Å². The van der Waals surface area contributed by atoms with Crippen LogP contribution in [0.1, 0.15) is 68.2 Å². The molecule has 0 fully saturated rings. The Morgan fingerprint density at radius 2 is 1.15 bits per heavy atom. The molecule has 0 atom stereocenters. The third-order valence-electron chi connectivity index (χ3n) is 2.87. The lowest BCUT2D eigenvalue weighted by Gasteiger charge is -2.36. The van der Waals surface area contributed by atoms with Crippen molar-refractivity contribution in [2.45, 2.75) is 90.6 Å². The molecule has 0 spiro atoms. The molecule has 4 nitrogen and oxygen atoms in total. The zero-order chi connectivity index (χ0) is 16.2. The summed E-state index contributed by atoms with van der Waals surface area (Å²) in [5.74, 6) is 0. The fraction of sp³-hybridized carbons (Fsp3) is 1.00. The summed E-state index contributed by atoms with van der Waals surface area (Å²) in [6.45, 7) is 15.9. The van der Waals surface area contributed by atoms with Crippen molar-refractivity contribution in [1.82, 2.24) is 0 Å². The first-order valence-electron chi connectivity index (χ1n) is 7.35. The second-order valence-electron chi connectivity index (χ2n) is 8.21. The summed E-state index contributed by atoms with van der Waals surface area (Å²) in [6, 6.07) is 0. The van der Waals surface area contributed by atoms with Gasteiger partial charge in [-0.3, -0.25) is 0 Å². The Morgan fingerprint density at radius 1 is 0.700 bits per heavy atom. The van der Waals surface area contributed by atoms with Crippen molar-refractivity contribution >= 4 is 0 Å². The van der Waals surface area contributed by atoms with Gasteiger partial charge in [0.1, 0.15) is 0 Å². The number of hydrogen-bond donors (Lipinski definition) is 2. The lowest BCUT2D eigenvalue weighted by molar-refractivity contribution is -0.134. The van der Waals surface area contributed by atoms with Gasteiger partial charge in [0, 0.05) is 6.42 Å². The van der Waals surface area contributed by atoms with E-state index in [0.717, 1.165) is 0 Å². The molecule has 122 valence electrons. The Hall–Kier alpha value is -0.160. The first kappa shape index (κ1) is 19.8. The van der Waals surface area contributed by atoms with E-state index in [1.165, 1.54) is 0 Å². The first-order valence-corrected chi connectivity index (χ1v) is 7.35. The lowest BCUT2D eigenvalue weighted by Crippen LogP contribution is -2.41. The summed E-state index contributed by atoms with van der Waals surface area (Å²) in [4.78, 5) is 0. The van der Waals surface area contributed by atoms with Gasteiger partial charge in [0.15, 0.2) is 0 Å². The molecule has 20 heavy (non-hydrogen) atoms. The van der Waals surface area contributed by atoms with Crippen LogP contribution in [0.3, 0.4) is 0 Å². The minimum Gasteiger partial charge on any atom is -0.390 e. The van der Waals surface area contributed by atoms with E-state index in [1.54, 1.807) is 27.7 Å². The van der Waals surface area contributed by atoms with Gasteiger partial charge >= 0.3 is 0 Å². The Morgan fingerprint density at radius 3 is 1.55 bits per heavy atom. The molecule has 0 radical (unpaired) electrons. The van der Waals surface area contributed by atoms with Crippen LogP contribution < -0.4 is 0 Å². The second-order valence-corrected chi connectivity index (χ2v) is 8.21. The lowest BCUT2D eigenvalue weighted by atomic mass is 9.91. The third-order valence-corrected chi connectivity index (χ3v) is 2.87. The second kappa shape index (κ2) is 6.73. The molecular weight excluding hydrogens is 256 g/mol. The Balaban J connectivity index is 4.28. The van der Waals surface area contributed by atoms with Crippen molar-refractivity contribution in [2.24, 2.45) is 0 Å². The summed E-state index contributed by atoms with van der Waals surface area (Å²) in [5, 5.41) is 19.4. The van der Waals surface area contributed by atoms with Gasteiger partial charge in [-0.1, -0.05) is 0 Å². The summed E-state index contributed by atoms with van der Waals surface area (Å²) in [7, 11) is 0. The molecule has 0 unspecified atom stereocenters. The van der Waals surface area contributed by atoms with Crippen LogP contribution in [-0.2, 0) is 9.47 Å². The van der Waals surface area contributed by atoms with Crippen LogP contribution >= 0.6 is 0 Å². The normalized spacial score (nSPS) is 14.7. The van der Waals surface area contributed by atoms with Crippen LogP contribution in [0, 0.1) is 0 Å². The number of aliphatic hydroxyl groups is 2. The average molecular weight is 290 g/mol. The number of hydrogen-bond acceptors (Lipinski definition) is 4. The molecule has 0 aliphatic heterocycles. The SMILES string of the molecule is CC(C)(O)CCOC(C)(C)CC(C)(C)OCC(C)(C)O. The molecule has 0 rings (SSSR count). The van der Waals surface area contributed by atoms with E-state index in [-0.39, 0.29) is 11.2 Å². The standard InChI is InChI=1S/C16H34O4/c1-13(2,17)9-10-19-15(5,6)11-16(7,8)20-12-14(3,4)18/h17-18H,9-12H2,1-8H3. The van der Waals surface area contributed by atoms with Crippen LogP contribution in [0.5, 0.6) is 0 Å². The summed E-state index contributed by atoms with van der Waals surface area (Å²) < 4.78 is 11.7. The maximum atomic E-state index is 9.73. The fourth-order valence-corrected chi connectivity index (χ4v) is 2.08. The van der Waals surface area contributed by atoms with Gasteiger partial charge in [0.05, 0.1) is 35.6 Å². The molecule has 0 aliphatic carbocycles. The molecule has 0 aromatic carbocycles. The molecule has 0 aromatic heterocycles. The molecule has 0 saturated carbocycles. The van der Waals surface area contributed by atoms with Gasteiger partial charge in [-0.05, 0) is 61.8 Å². The van der Waals surface area contributed by atoms with Crippen LogP contribution in [0.25, 0.3) is 0 Å². The summed E-state index contributed by atoms with van der Waals surface area (Å²) in [6.07, 6.45) is 1.31. The maximum absolute atomic E-state index is 9.73. The minimum absolute atomic E-state index is 0.291. The molecule has 4 heteroatoms. The van der Waals surface area contributed by atoms with Crippen molar-refractivity contribution in [3.05, 3.63) is 0 Å². The highest BCUT2D eigenvalue weighted by Gasteiger charge is 2.32. The predicted molar refractivity (Wildman–Crippen MR) is 81.9 cm³/mol. The van der Waals surface area contributed by atoms with Crippen LogP contribution in [0.2, 0.25) is 0 Å². The van der Waals surface area contributed by atoms with E-state index in [0.29, 0.717) is 26.1 Å². The zero-order valence-corrected chi connectivity index (χ0v) is 14.5. The highest BCUT2D eigenvalue weighted by atomic mass is 16.5. The summed E-state index contributed by atoms with van der Waals surface area (Å²) in [5.41, 5.74) is -2.25. The molecular formula is C16H34O4. The topological polar surface area (TPSA) is 58.9 Å². The van der Waals surface area contributed by atoms with Crippen molar-refractivity contribution in [3.63, 3.8) is 0 Å². The Kier molecular flexibility index (Phi) is 6.68. The smallest absolute Gasteiger partial charge is 0.0824 e. The monoisotopic (exact) mass is 290 g/mol. The molecule has 0 aromatic rings. The van der Waals surface area contributed by atoms with Crippen LogP contribution in [0.4, 0.5) is 0 Å².